The summed E-state index contributed by atoms with van der Waals surface area (Å²) in [6, 6.07) is 4.23. The molecule has 4 heteroatoms. The van der Waals surface area contributed by atoms with Crippen molar-refractivity contribution in [3.05, 3.63) is 23.5 Å². The van der Waals surface area contributed by atoms with Crippen molar-refractivity contribution in [2.24, 2.45) is 5.73 Å². The highest BCUT2D eigenvalue weighted by molar-refractivity contribution is 5.12. The zero-order chi connectivity index (χ0) is 11.4. The van der Waals surface area contributed by atoms with Crippen LogP contribution in [0.4, 0.5) is 0 Å². The molecule has 1 aromatic rings. The van der Waals surface area contributed by atoms with Gasteiger partial charge in [0.15, 0.2) is 0 Å². The molecule has 16 heavy (non-hydrogen) atoms. The topological polar surface area (TPSA) is 48.3 Å². The van der Waals surface area contributed by atoms with E-state index in [9.17, 15) is 0 Å². The Labute approximate surface area is 97.4 Å². The van der Waals surface area contributed by atoms with Crippen molar-refractivity contribution in [3.63, 3.8) is 0 Å². The van der Waals surface area contributed by atoms with Gasteiger partial charge in [-0.25, -0.2) is 0 Å². The smallest absolute Gasteiger partial charge is 0.0385 e. The number of aromatic amines is 1. The third kappa shape index (κ3) is 3.07. The largest absolute Gasteiger partial charge is 0.360 e. The van der Waals surface area contributed by atoms with Gasteiger partial charge in [-0.3, -0.25) is 4.90 Å². The fourth-order valence-corrected chi connectivity index (χ4v) is 2.20. The van der Waals surface area contributed by atoms with Gasteiger partial charge in [0.2, 0.25) is 0 Å². The van der Waals surface area contributed by atoms with Crippen LogP contribution in [0.3, 0.4) is 0 Å². The van der Waals surface area contributed by atoms with E-state index in [0.717, 1.165) is 18.8 Å². The molecule has 1 fully saturated rings. The molecule has 4 nitrogen and oxygen atoms in total. The molecule has 1 aliphatic rings. The van der Waals surface area contributed by atoms with Crippen LogP contribution in [-0.2, 0) is 13.1 Å². The minimum absolute atomic E-state index is 0.600. The summed E-state index contributed by atoms with van der Waals surface area (Å²) in [7, 11) is 2.20. The van der Waals surface area contributed by atoms with E-state index in [0.29, 0.717) is 6.54 Å². The van der Waals surface area contributed by atoms with E-state index >= 15 is 0 Å². The van der Waals surface area contributed by atoms with E-state index in [1.807, 2.05) is 0 Å². The predicted molar refractivity (Wildman–Crippen MR) is 66.1 cm³/mol. The Balaban J connectivity index is 1.88. The molecule has 0 radical (unpaired) electrons. The molecule has 3 N–H and O–H groups in total. The number of likely N-dealkylation sites (N-methyl/N-ethyl adjacent to an activating group) is 1. The second-order valence-electron chi connectivity index (χ2n) is 4.65. The van der Waals surface area contributed by atoms with Crippen LogP contribution in [0.1, 0.15) is 17.8 Å². The Hall–Kier alpha value is -0.840. The molecule has 1 aromatic heterocycles. The van der Waals surface area contributed by atoms with Crippen LogP contribution in [0.15, 0.2) is 12.1 Å². The molecule has 2 heterocycles. The zero-order valence-corrected chi connectivity index (χ0v) is 10.1. The first kappa shape index (κ1) is 11.6. The molecule has 0 spiro atoms. The van der Waals surface area contributed by atoms with Crippen molar-refractivity contribution >= 4 is 0 Å². The first-order valence-electron chi connectivity index (χ1n) is 6.05. The molecule has 0 amide bonds. The van der Waals surface area contributed by atoms with Gasteiger partial charge in [0.1, 0.15) is 0 Å². The number of rotatable bonds is 3. The average molecular weight is 222 g/mol. The zero-order valence-electron chi connectivity index (χ0n) is 10.1. The highest BCUT2D eigenvalue weighted by Gasteiger charge is 2.12. The maximum atomic E-state index is 5.59. The highest BCUT2D eigenvalue weighted by Crippen LogP contribution is 2.08. The van der Waals surface area contributed by atoms with Crippen molar-refractivity contribution < 1.29 is 0 Å². The fourth-order valence-electron chi connectivity index (χ4n) is 2.20. The monoisotopic (exact) mass is 222 g/mol. The third-order valence-electron chi connectivity index (χ3n) is 3.23. The molecule has 0 unspecified atom stereocenters. The number of nitrogens with two attached hydrogens (primary N) is 1. The molecule has 1 saturated heterocycles. The van der Waals surface area contributed by atoms with Crippen LogP contribution in [-0.4, -0.2) is 48.0 Å². The first-order valence-corrected chi connectivity index (χ1v) is 6.05. The number of hydrogen-bond donors (Lipinski definition) is 2. The van der Waals surface area contributed by atoms with Gasteiger partial charge in [-0.05, 0) is 38.7 Å². The van der Waals surface area contributed by atoms with Crippen LogP contribution in [0, 0.1) is 0 Å². The SMILES string of the molecule is CN1CCCN(Cc2ccc(CN)[nH]2)CC1. The van der Waals surface area contributed by atoms with Gasteiger partial charge in [0.25, 0.3) is 0 Å². The second kappa shape index (κ2) is 5.48. The standard InChI is InChI=1S/C12H22N4/c1-15-5-2-6-16(8-7-15)10-12-4-3-11(9-13)14-12/h3-4,14H,2,5-10,13H2,1H3. The molecule has 2 rings (SSSR count). The Bertz CT molecular complexity index is 321. The predicted octanol–water partition coefficient (Wildman–Crippen LogP) is 0.611. The normalized spacial score (nSPS) is 19.9. The number of nitrogens with one attached hydrogen (secondary N) is 1. The Morgan fingerprint density at radius 2 is 2.00 bits per heavy atom. The Kier molecular flexibility index (Phi) is 3.98. The maximum Gasteiger partial charge on any atom is 0.0385 e. The maximum absolute atomic E-state index is 5.59. The minimum atomic E-state index is 0.600. The van der Waals surface area contributed by atoms with E-state index in [2.05, 4.69) is 34.0 Å². The van der Waals surface area contributed by atoms with Gasteiger partial charge >= 0.3 is 0 Å². The first-order chi connectivity index (χ1) is 7.78. The average Bonchev–Trinajstić information content (AvgIpc) is 2.63. The van der Waals surface area contributed by atoms with Crippen molar-refractivity contribution in [2.75, 3.05) is 33.2 Å². The Morgan fingerprint density at radius 3 is 2.75 bits per heavy atom. The van der Waals surface area contributed by atoms with Crippen molar-refractivity contribution in [1.29, 1.82) is 0 Å². The lowest BCUT2D eigenvalue weighted by atomic mass is 10.3. The fraction of sp³-hybridized carbons (Fsp3) is 0.667. The van der Waals surface area contributed by atoms with Crippen LogP contribution in [0.2, 0.25) is 0 Å². The van der Waals surface area contributed by atoms with Crippen molar-refractivity contribution in [1.82, 2.24) is 14.8 Å². The molecule has 0 bridgehead atoms. The summed E-state index contributed by atoms with van der Waals surface area (Å²) in [6.07, 6.45) is 1.26. The molecular weight excluding hydrogens is 200 g/mol. The lowest BCUT2D eigenvalue weighted by Crippen LogP contribution is -2.28. The lowest BCUT2D eigenvalue weighted by Gasteiger charge is -2.19. The highest BCUT2D eigenvalue weighted by atomic mass is 15.2. The summed E-state index contributed by atoms with van der Waals surface area (Å²) in [6.45, 7) is 6.37. The van der Waals surface area contributed by atoms with E-state index < -0.39 is 0 Å². The van der Waals surface area contributed by atoms with E-state index in [1.165, 1.54) is 31.7 Å². The van der Waals surface area contributed by atoms with Crippen LogP contribution >= 0.6 is 0 Å². The molecule has 0 saturated carbocycles. The summed E-state index contributed by atoms with van der Waals surface area (Å²) in [4.78, 5) is 8.27. The summed E-state index contributed by atoms with van der Waals surface area (Å²) < 4.78 is 0. The second-order valence-corrected chi connectivity index (χ2v) is 4.65. The Morgan fingerprint density at radius 1 is 1.19 bits per heavy atom. The van der Waals surface area contributed by atoms with Gasteiger partial charge in [-0.15, -0.1) is 0 Å². The van der Waals surface area contributed by atoms with Crippen LogP contribution in [0.25, 0.3) is 0 Å². The summed E-state index contributed by atoms with van der Waals surface area (Å²) in [5.74, 6) is 0. The number of nitrogens with zero attached hydrogens (tertiary/aromatic N) is 2. The molecule has 0 aliphatic carbocycles. The molecule has 0 atom stereocenters. The van der Waals surface area contributed by atoms with E-state index in [4.69, 9.17) is 5.73 Å². The summed E-state index contributed by atoms with van der Waals surface area (Å²) >= 11 is 0. The minimum Gasteiger partial charge on any atom is -0.360 e. The van der Waals surface area contributed by atoms with Gasteiger partial charge in [0.05, 0.1) is 0 Å². The van der Waals surface area contributed by atoms with Crippen LogP contribution in [0.5, 0.6) is 0 Å². The summed E-state index contributed by atoms with van der Waals surface area (Å²) in [5.41, 5.74) is 8.00. The molecule has 1 aliphatic heterocycles. The van der Waals surface area contributed by atoms with E-state index in [1.54, 1.807) is 0 Å². The molecule has 0 aromatic carbocycles. The lowest BCUT2D eigenvalue weighted by molar-refractivity contribution is 0.267. The van der Waals surface area contributed by atoms with E-state index in [-0.39, 0.29) is 0 Å². The van der Waals surface area contributed by atoms with Gasteiger partial charge in [0, 0.05) is 37.6 Å². The number of aromatic nitrogens is 1. The quantitative estimate of drug-likeness (QED) is 0.788. The third-order valence-corrected chi connectivity index (χ3v) is 3.23. The van der Waals surface area contributed by atoms with Gasteiger partial charge in [-0.2, -0.15) is 0 Å². The number of H-pyrrole nitrogens is 1. The van der Waals surface area contributed by atoms with Crippen molar-refractivity contribution in [3.8, 4) is 0 Å². The van der Waals surface area contributed by atoms with Gasteiger partial charge < -0.3 is 15.6 Å². The number of hydrogen-bond acceptors (Lipinski definition) is 3. The summed E-state index contributed by atoms with van der Waals surface area (Å²) in [5, 5.41) is 0. The van der Waals surface area contributed by atoms with Crippen LogP contribution < -0.4 is 5.73 Å². The van der Waals surface area contributed by atoms with Crippen molar-refractivity contribution in [2.45, 2.75) is 19.5 Å². The van der Waals surface area contributed by atoms with Gasteiger partial charge in [-0.1, -0.05) is 0 Å². The molecule has 90 valence electrons. The molecular formula is C12H22N4.